The Bertz CT molecular complexity index is 965. The highest BCUT2D eigenvalue weighted by atomic mass is 16.6. The van der Waals surface area contributed by atoms with Gasteiger partial charge >= 0.3 is 5.97 Å². The fraction of sp³-hybridized carbons (Fsp3) is 0. The van der Waals surface area contributed by atoms with E-state index in [0.717, 1.165) is 18.2 Å². The number of nitrogens with zero attached hydrogens (tertiary/aromatic N) is 3. The maximum absolute atomic E-state index is 11.5. The summed E-state index contributed by atoms with van der Waals surface area (Å²) in [5.74, 6) is -1.40. The second kappa shape index (κ2) is 5.12. The Balaban J connectivity index is 2.39. The molecular weight excluding hydrogens is 322 g/mol. The molecule has 3 rings (SSSR count). The molecule has 24 heavy (non-hydrogen) atoms. The molecule has 0 spiro atoms. The third kappa shape index (κ3) is 2.05. The Hall–Kier alpha value is -3.82. The van der Waals surface area contributed by atoms with Crippen molar-refractivity contribution >= 4 is 23.1 Å². The summed E-state index contributed by atoms with van der Waals surface area (Å²) >= 11 is 0. The van der Waals surface area contributed by atoms with Gasteiger partial charge in [0.05, 0.1) is 15.4 Å². The molecule has 0 radical (unpaired) electrons. The lowest BCUT2D eigenvalue weighted by Crippen LogP contribution is -2.04. The van der Waals surface area contributed by atoms with Gasteiger partial charge in [0.15, 0.2) is 0 Å². The fourth-order valence-electron chi connectivity index (χ4n) is 2.69. The van der Waals surface area contributed by atoms with Gasteiger partial charge < -0.3 is 10.3 Å². The van der Waals surface area contributed by atoms with Crippen molar-refractivity contribution in [3.05, 3.63) is 67.3 Å². The second-order valence-corrected chi connectivity index (χ2v) is 4.91. The van der Waals surface area contributed by atoms with E-state index in [1.165, 1.54) is 12.1 Å². The lowest BCUT2D eigenvalue weighted by Gasteiger charge is -2.05. The third-order valence-corrected chi connectivity index (χ3v) is 3.66. The summed E-state index contributed by atoms with van der Waals surface area (Å²) in [6.45, 7) is 0. The third-order valence-electron chi connectivity index (χ3n) is 3.66. The average molecular weight is 329 g/mol. The normalized spacial score (nSPS) is 13.4. The van der Waals surface area contributed by atoms with E-state index in [0.29, 0.717) is 0 Å². The summed E-state index contributed by atoms with van der Waals surface area (Å²) in [6.07, 6.45) is 0. The van der Waals surface area contributed by atoms with Gasteiger partial charge in [0.2, 0.25) is 0 Å². The minimum Gasteiger partial charge on any atom is -0.478 e. The van der Waals surface area contributed by atoms with Crippen molar-refractivity contribution in [3.63, 3.8) is 0 Å². The number of benzene rings is 2. The molecule has 10 nitrogen and oxygen atoms in total. The molecule has 10 heteroatoms. The summed E-state index contributed by atoms with van der Waals surface area (Å²) in [6, 6.07) is 5.59. The van der Waals surface area contributed by atoms with E-state index < -0.39 is 21.5 Å². The zero-order valence-electron chi connectivity index (χ0n) is 11.7. The number of hydrogen-bond acceptors (Lipinski definition) is 7. The number of rotatable bonds is 3. The highest BCUT2D eigenvalue weighted by Crippen LogP contribution is 2.42. The van der Waals surface area contributed by atoms with Gasteiger partial charge in [-0.05, 0) is 11.6 Å². The lowest BCUT2D eigenvalue weighted by atomic mass is 9.98. The SMILES string of the molecule is O=C(O)c1cc([N+](=O)[O-])cc2c1-c1ccc([N+](=O)[O-])cc1/C2=N\O. The zero-order valence-corrected chi connectivity index (χ0v) is 11.7. The Morgan fingerprint density at radius 2 is 1.58 bits per heavy atom. The van der Waals surface area contributed by atoms with E-state index in [4.69, 9.17) is 0 Å². The molecule has 0 atom stereocenters. The summed E-state index contributed by atoms with van der Waals surface area (Å²) in [5, 5.41) is 43.6. The first-order chi connectivity index (χ1) is 11.3. The van der Waals surface area contributed by atoms with Crippen LogP contribution in [0.1, 0.15) is 21.5 Å². The number of carbonyl (C=O) groups is 1. The number of nitro benzene ring substituents is 2. The van der Waals surface area contributed by atoms with Crippen LogP contribution in [-0.2, 0) is 0 Å². The predicted octanol–water partition coefficient (Wildman–Crippen LogP) is 2.41. The highest BCUT2D eigenvalue weighted by Gasteiger charge is 2.33. The Kier molecular flexibility index (Phi) is 3.22. The minimum atomic E-state index is -1.40. The van der Waals surface area contributed by atoms with Crippen molar-refractivity contribution < 1.29 is 25.0 Å². The summed E-state index contributed by atoms with van der Waals surface area (Å²) in [7, 11) is 0. The summed E-state index contributed by atoms with van der Waals surface area (Å²) < 4.78 is 0. The number of hydrogen-bond donors (Lipinski definition) is 2. The molecule has 2 N–H and O–H groups in total. The first-order valence-corrected chi connectivity index (χ1v) is 6.42. The maximum atomic E-state index is 11.5. The van der Waals surface area contributed by atoms with Crippen LogP contribution < -0.4 is 0 Å². The quantitative estimate of drug-likeness (QED) is 0.424. The van der Waals surface area contributed by atoms with Crippen molar-refractivity contribution in [1.82, 2.24) is 0 Å². The van der Waals surface area contributed by atoms with E-state index >= 15 is 0 Å². The fourth-order valence-corrected chi connectivity index (χ4v) is 2.69. The van der Waals surface area contributed by atoms with Crippen LogP contribution in [0, 0.1) is 20.2 Å². The Morgan fingerprint density at radius 1 is 0.958 bits per heavy atom. The van der Waals surface area contributed by atoms with Crippen molar-refractivity contribution in [2.24, 2.45) is 5.16 Å². The van der Waals surface area contributed by atoms with Crippen molar-refractivity contribution in [3.8, 4) is 11.1 Å². The van der Waals surface area contributed by atoms with Crippen LogP contribution in [0.2, 0.25) is 0 Å². The molecule has 0 unspecified atom stereocenters. The first kappa shape index (κ1) is 15.1. The van der Waals surface area contributed by atoms with E-state index in [-0.39, 0.29) is 39.2 Å². The van der Waals surface area contributed by atoms with Gasteiger partial charge in [-0.15, -0.1) is 0 Å². The number of oxime groups is 1. The summed E-state index contributed by atoms with van der Waals surface area (Å²) in [5.41, 5.74) is -0.725. The van der Waals surface area contributed by atoms with Crippen LogP contribution >= 0.6 is 0 Å². The lowest BCUT2D eigenvalue weighted by molar-refractivity contribution is -0.385. The van der Waals surface area contributed by atoms with Gasteiger partial charge in [0.1, 0.15) is 5.71 Å². The Morgan fingerprint density at radius 3 is 2.12 bits per heavy atom. The van der Waals surface area contributed by atoms with E-state index in [1.54, 1.807) is 0 Å². The molecule has 1 aliphatic rings. The number of fused-ring (bicyclic) bond motifs is 3. The molecule has 120 valence electrons. The smallest absolute Gasteiger partial charge is 0.336 e. The van der Waals surface area contributed by atoms with Crippen LogP contribution in [0.5, 0.6) is 0 Å². The molecule has 0 saturated carbocycles. The predicted molar refractivity (Wildman–Crippen MR) is 79.6 cm³/mol. The van der Waals surface area contributed by atoms with Crippen molar-refractivity contribution in [2.75, 3.05) is 0 Å². The van der Waals surface area contributed by atoms with E-state index in [1.807, 2.05) is 0 Å². The average Bonchev–Trinajstić information content (AvgIpc) is 2.86. The standard InChI is InChI=1S/C14H7N3O7/c18-14(19)11-5-7(17(23)24)4-10-12(11)8-2-1-6(16(21)22)3-9(8)13(10)15-20/h1-5,20H,(H,18,19)/b15-13+. The van der Waals surface area contributed by atoms with Crippen LogP contribution in [-0.4, -0.2) is 31.8 Å². The first-order valence-electron chi connectivity index (χ1n) is 6.42. The monoisotopic (exact) mass is 329 g/mol. The second-order valence-electron chi connectivity index (χ2n) is 4.91. The molecular formula is C14H7N3O7. The van der Waals surface area contributed by atoms with Crippen LogP contribution in [0.4, 0.5) is 11.4 Å². The molecule has 0 heterocycles. The topological polar surface area (TPSA) is 156 Å². The molecule has 2 aromatic rings. The van der Waals surface area contributed by atoms with Gasteiger partial charge in [0.25, 0.3) is 11.4 Å². The number of carboxylic acid groups (broad SMARTS) is 1. The van der Waals surface area contributed by atoms with Gasteiger partial charge in [-0.25, -0.2) is 4.79 Å². The molecule has 0 saturated heterocycles. The molecule has 0 aromatic heterocycles. The number of nitro groups is 2. The van der Waals surface area contributed by atoms with E-state index in [2.05, 4.69) is 5.16 Å². The van der Waals surface area contributed by atoms with Crippen LogP contribution in [0.25, 0.3) is 11.1 Å². The highest BCUT2D eigenvalue weighted by molar-refractivity contribution is 6.27. The van der Waals surface area contributed by atoms with Crippen LogP contribution in [0.3, 0.4) is 0 Å². The van der Waals surface area contributed by atoms with Gasteiger partial charge in [-0.1, -0.05) is 5.16 Å². The largest absolute Gasteiger partial charge is 0.478 e. The molecule has 0 aliphatic heterocycles. The van der Waals surface area contributed by atoms with Crippen molar-refractivity contribution in [1.29, 1.82) is 0 Å². The van der Waals surface area contributed by atoms with Gasteiger partial charge in [-0.3, -0.25) is 20.2 Å². The van der Waals surface area contributed by atoms with E-state index in [9.17, 15) is 35.3 Å². The molecule has 0 fully saturated rings. The summed E-state index contributed by atoms with van der Waals surface area (Å²) in [4.78, 5) is 32.0. The van der Waals surface area contributed by atoms with Gasteiger partial charge in [0, 0.05) is 41.0 Å². The van der Waals surface area contributed by atoms with Crippen LogP contribution in [0.15, 0.2) is 35.5 Å². The minimum absolute atomic E-state index is 0.0274. The number of non-ortho nitro benzene ring substituents is 2. The number of carboxylic acids is 1. The van der Waals surface area contributed by atoms with Gasteiger partial charge in [-0.2, -0.15) is 0 Å². The molecule has 2 aromatic carbocycles. The maximum Gasteiger partial charge on any atom is 0.336 e. The Labute approximate surface area is 132 Å². The molecule has 0 bridgehead atoms. The molecule has 1 aliphatic carbocycles. The van der Waals surface area contributed by atoms with Crippen molar-refractivity contribution in [2.45, 2.75) is 0 Å². The number of aromatic carboxylic acids is 1. The zero-order chi connectivity index (χ0) is 17.6. The molecule has 0 amide bonds.